The molecular weight excluding hydrogens is 300 g/mol. The summed E-state index contributed by atoms with van der Waals surface area (Å²) in [7, 11) is 0. The van der Waals surface area contributed by atoms with E-state index in [1.165, 1.54) is 6.42 Å². The lowest BCUT2D eigenvalue weighted by Gasteiger charge is -2.41. The molecule has 0 radical (unpaired) electrons. The minimum Gasteiger partial charge on any atom is -0.404 e. The molecule has 3 rings (SSSR count). The van der Waals surface area contributed by atoms with Crippen molar-refractivity contribution in [3.05, 3.63) is 39.9 Å². The van der Waals surface area contributed by atoms with Crippen LogP contribution >= 0.6 is 0 Å². The molecule has 1 aliphatic heterocycles. The van der Waals surface area contributed by atoms with E-state index in [1.54, 1.807) is 23.3 Å². The predicted octanol–water partition coefficient (Wildman–Crippen LogP) is 2.78. The van der Waals surface area contributed by atoms with Crippen LogP contribution < -0.4 is 4.84 Å². The van der Waals surface area contributed by atoms with Gasteiger partial charge in [0.05, 0.1) is 12.2 Å². The number of carbonyl (C=O) groups excluding carboxylic acids is 1. The summed E-state index contributed by atoms with van der Waals surface area (Å²) in [6.07, 6.45) is 5.61. The average Bonchev–Trinajstić information content (AvgIpc) is 2.57. The Balaban J connectivity index is 1.81. The Hall–Kier alpha value is -2.15. The zero-order chi connectivity index (χ0) is 16.2. The zero-order valence-corrected chi connectivity index (χ0v) is 12.8. The lowest BCUT2D eigenvalue weighted by molar-refractivity contribution is -0.758. The van der Waals surface area contributed by atoms with Gasteiger partial charge in [0.25, 0.3) is 5.09 Å². The van der Waals surface area contributed by atoms with Gasteiger partial charge in [-0.15, -0.1) is 15.2 Å². The Labute approximate surface area is 134 Å². The normalized spacial score (nSPS) is 22.3. The summed E-state index contributed by atoms with van der Waals surface area (Å²) < 4.78 is 0. The third-order valence-corrected chi connectivity index (χ3v) is 4.49. The van der Waals surface area contributed by atoms with Crippen molar-refractivity contribution >= 4 is 5.78 Å². The van der Waals surface area contributed by atoms with Crippen LogP contribution in [0.4, 0.5) is 0 Å². The van der Waals surface area contributed by atoms with E-state index >= 15 is 0 Å². The first-order valence-corrected chi connectivity index (χ1v) is 8.03. The summed E-state index contributed by atoms with van der Waals surface area (Å²) in [6.45, 7) is -0.113. The van der Waals surface area contributed by atoms with Gasteiger partial charge in [0, 0.05) is 6.04 Å². The molecule has 0 saturated heterocycles. The maximum Gasteiger partial charge on any atom is 0.294 e. The molecule has 124 valence electrons. The molecule has 0 aromatic heterocycles. The Morgan fingerprint density at radius 1 is 1.26 bits per heavy atom. The minimum absolute atomic E-state index is 0.0515. The van der Waals surface area contributed by atoms with Crippen molar-refractivity contribution in [3.63, 3.8) is 0 Å². The van der Waals surface area contributed by atoms with Gasteiger partial charge in [-0.05, 0) is 31.4 Å². The van der Waals surface area contributed by atoms with E-state index in [1.807, 2.05) is 6.07 Å². The zero-order valence-electron chi connectivity index (χ0n) is 12.8. The molecule has 23 heavy (non-hydrogen) atoms. The molecule has 1 atom stereocenters. The summed E-state index contributed by atoms with van der Waals surface area (Å²) in [5, 5.41) is 11.3. The van der Waals surface area contributed by atoms with Crippen LogP contribution in [0.15, 0.2) is 24.3 Å². The maximum atomic E-state index is 12.8. The minimum atomic E-state index is -0.826. The van der Waals surface area contributed by atoms with Gasteiger partial charge >= 0.3 is 0 Å². The summed E-state index contributed by atoms with van der Waals surface area (Å²) >= 11 is 0. The third kappa shape index (κ3) is 3.44. The Bertz CT molecular complexity index is 586. The molecule has 7 heteroatoms. The van der Waals surface area contributed by atoms with E-state index in [-0.39, 0.29) is 24.9 Å². The Kier molecular flexibility index (Phi) is 4.76. The highest BCUT2D eigenvalue weighted by molar-refractivity contribution is 6.03. The number of benzene rings is 1. The maximum absolute atomic E-state index is 12.8. The van der Waals surface area contributed by atoms with Crippen LogP contribution in [0.1, 0.15) is 48.9 Å². The summed E-state index contributed by atoms with van der Waals surface area (Å²) in [6, 6.07) is 6.78. The van der Waals surface area contributed by atoms with E-state index in [4.69, 9.17) is 4.84 Å². The van der Waals surface area contributed by atoms with Crippen molar-refractivity contribution in [1.82, 2.24) is 5.06 Å². The molecule has 0 N–H and O–H groups in total. The molecule has 2 aliphatic rings. The number of fused-ring (bicyclic) bond motifs is 1. The first-order chi connectivity index (χ1) is 11.2. The first-order valence-electron chi connectivity index (χ1n) is 8.03. The smallest absolute Gasteiger partial charge is 0.294 e. The molecule has 1 aromatic rings. The Morgan fingerprint density at radius 2 is 2.00 bits per heavy atom. The van der Waals surface area contributed by atoms with Crippen molar-refractivity contribution < 1.29 is 19.6 Å². The number of nitrogens with zero attached hydrogens (tertiary/aromatic N) is 2. The lowest BCUT2D eigenvalue weighted by atomic mass is 9.91. The van der Waals surface area contributed by atoms with Crippen LogP contribution in [0.5, 0.6) is 5.75 Å². The molecule has 1 saturated carbocycles. The van der Waals surface area contributed by atoms with Crippen LogP contribution in [-0.4, -0.2) is 34.6 Å². The van der Waals surface area contributed by atoms with Gasteiger partial charge < -0.3 is 9.68 Å². The van der Waals surface area contributed by atoms with Gasteiger partial charge in [-0.25, -0.2) is 0 Å². The lowest BCUT2D eigenvalue weighted by Crippen LogP contribution is -2.53. The van der Waals surface area contributed by atoms with E-state index in [0.717, 1.165) is 25.7 Å². The van der Waals surface area contributed by atoms with Crippen LogP contribution in [0.3, 0.4) is 0 Å². The molecule has 1 aliphatic carbocycles. The van der Waals surface area contributed by atoms with Gasteiger partial charge in [-0.2, -0.15) is 0 Å². The number of carbonyl (C=O) groups is 1. The first kappa shape index (κ1) is 15.7. The Morgan fingerprint density at radius 3 is 2.74 bits per heavy atom. The van der Waals surface area contributed by atoms with Crippen molar-refractivity contribution in [1.29, 1.82) is 0 Å². The van der Waals surface area contributed by atoms with Crippen LogP contribution in [-0.2, 0) is 4.84 Å². The van der Waals surface area contributed by atoms with Gasteiger partial charge in [-0.1, -0.05) is 31.4 Å². The number of hydroxylamine groups is 2. The predicted molar refractivity (Wildman–Crippen MR) is 81.5 cm³/mol. The van der Waals surface area contributed by atoms with Gasteiger partial charge in [0.1, 0.15) is 6.04 Å². The van der Waals surface area contributed by atoms with Crippen molar-refractivity contribution in [2.24, 2.45) is 0 Å². The highest BCUT2D eigenvalue weighted by Gasteiger charge is 2.39. The van der Waals surface area contributed by atoms with Crippen LogP contribution in [0.2, 0.25) is 0 Å². The second-order valence-corrected chi connectivity index (χ2v) is 5.96. The molecule has 1 aromatic carbocycles. The number of Topliss-reactive ketones (excluding diaryl/α,β-unsaturated/α-hetero) is 1. The van der Waals surface area contributed by atoms with Gasteiger partial charge in [0.2, 0.25) is 0 Å². The molecule has 7 nitrogen and oxygen atoms in total. The summed E-state index contributed by atoms with van der Waals surface area (Å²) in [4.78, 5) is 33.6. The topological polar surface area (TPSA) is 81.9 Å². The highest BCUT2D eigenvalue weighted by Crippen LogP contribution is 2.34. The molecular formula is C16H20N2O5. The summed E-state index contributed by atoms with van der Waals surface area (Å²) in [5.74, 6) is 0.513. The fourth-order valence-corrected chi connectivity index (χ4v) is 3.38. The molecule has 1 heterocycles. The van der Waals surface area contributed by atoms with Gasteiger partial charge in [0.15, 0.2) is 11.5 Å². The van der Waals surface area contributed by atoms with E-state index < -0.39 is 11.1 Å². The van der Waals surface area contributed by atoms with E-state index in [0.29, 0.717) is 11.3 Å². The summed E-state index contributed by atoms with van der Waals surface area (Å²) in [5.41, 5.74) is 0.533. The highest BCUT2D eigenvalue weighted by atomic mass is 16.9. The molecule has 0 amide bonds. The molecule has 0 bridgehead atoms. The SMILES string of the molecule is O=C1c2ccccc2ON(C2CCCCC2)C1CCO[N+](=O)[O-]. The number of hydrogen-bond acceptors (Lipinski definition) is 6. The van der Waals surface area contributed by atoms with E-state index in [2.05, 4.69) is 4.84 Å². The molecule has 0 spiro atoms. The third-order valence-electron chi connectivity index (χ3n) is 4.49. The largest absolute Gasteiger partial charge is 0.404 e. The quantitative estimate of drug-likeness (QED) is 0.613. The average molecular weight is 320 g/mol. The molecule has 1 unspecified atom stereocenters. The number of para-hydroxylation sites is 1. The number of hydrogen-bond donors (Lipinski definition) is 0. The van der Waals surface area contributed by atoms with Crippen molar-refractivity contribution in [2.75, 3.05) is 6.61 Å². The van der Waals surface area contributed by atoms with Crippen LogP contribution in [0.25, 0.3) is 0 Å². The second-order valence-electron chi connectivity index (χ2n) is 5.96. The molecule has 1 fully saturated rings. The van der Waals surface area contributed by atoms with Crippen molar-refractivity contribution in [2.45, 2.75) is 50.6 Å². The fraction of sp³-hybridized carbons (Fsp3) is 0.562. The van der Waals surface area contributed by atoms with Crippen molar-refractivity contribution in [3.8, 4) is 5.75 Å². The number of rotatable bonds is 5. The second kappa shape index (κ2) is 6.95. The van der Waals surface area contributed by atoms with Gasteiger partial charge in [-0.3, -0.25) is 4.79 Å². The number of ketones is 1. The fourth-order valence-electron chi connectivity index (χ4n) is 3.38. The van der Waals surface area contributed by atoms with Crippen LogP contribution in [0, 0.1) is 10.1 Å². The standard InChI is InChI=1S/C16H20N2O5/c19-16-13-8-4-5-9-15(13)23-17(12-6-2-1-3-7-12)14(16)10-11-22-18(20)21/h4-5,8-9,12,14H,1-3,6-7,10-11H2. The monoisotopic (exact) mass is 320 g/mol. The van der Waals surface area contributed by atoms with E-state index in [9.17, 15) is 14.9 Å².